The monoisotopic (exact) mass is 450 g/mol. The Kier molecular flexibility index (Phi) is 6.26. The lowest BCUT2D eigenvalue weighted by Crippen LogP contribution is -2.27. The number of benzene rings is 2. The molecule has 2 aromatic heterocycles. The van der Waals surface area contributed by atoms with Crippen LogP contribution >= 0.6 is 0 Å². The fourth-order valence-electron chi connectivity index (χ4n) is 3.44. The number of hydrogen-bond donors (Lipinski definition) is 1. The zero-order valence-corrected chi connectivity index (χ0v) is 17.8. The minimum absolute atomic E-state index is 0.374. The predicted octanol–water partition coefficient (Wildman–Crippen LogP) is 5.50. The molecule has 168 valence electrons. The van der Waals surface area contributed by atoms with Crippen molar-refractivity contribution in [3.63, 3.8) is 0 Å². The van der Waals surface area contributed by atoms with Gasteiger partial charge >= 0.3 is 6.18 Å². The van der Waals surface area contributed by atoms with Crippen LogP contribution < -0.4 is 5.32 Å². The van der Waals surface area contributed by atoms with E-state index in [0.29, 0.717) is 23.4 Å². The van der Waals surface area contributed by atoms with Crippen molar-refractivity contribution in [2.45, 2.75) is 25.7 Å². The maximum absolute atomic E-state index is 13.1. The van der Waals surface area contributed by atoms with Crippen LogP contribution in [0.4, 0.5) is 13.2 Å². The summed E-state index contributed by atoms with van der Waals surface area (Å²) in [6.45, 7) is 2.19. The van der Waals surface area contributed by atoms with E-state index in [1.54, 1.807) is 17.8 Å². The first kappa shape index (κ1) is 22.3. The van der Waals surface area contributed by atoms with E-state index in [4.69, 9.17) is 0 Å². The Bertz CT molecular complexity index is 1220. The van der Waals surface area contributed by atoms with Gasteiger partial charge in [0.15, 0.2) is 0 Å². The summed E-state index contributed by atoms with van der Waals surface area (Å²) in [5.41, 5.74) is 2.23. The molecule has 0 aliphatic carbocycles. The number of nitrogens with one attached hydrogen (secondary N) is 1. The Morgan fingerprint density at radius 3 is 2.27 bits per heavy atom. The first-order chi connectivity index (χ1) is 15.8. The summed E-state index contributed by atoms with van der Waals surface area (Å²) < 4.78 is 40.0. The molecule has 0 bridgehead atoms. The predicted molar refractivity (Wildman–Crippen MR) is 118 cm³/mol. The molecule has 0 radical (unpaired) electrons. The minimum Gasteiger partial charge on any atom is -0.345 e. The molecule has 1 N–H and O–H groups in total. The summed E-state index contributed by atoms with van der Waals surface area (Å²) in [5, 5.41) is 7.48. The van der Waals surface area contributed by atoms with E-state index in [1.165, 1.54) is 6.07 Å². The van der Waals surface area contributed by atoms with E-state index in [1.807, 2.05) is 60.7 Å². The van der Waals surface area contributed by atoms with Crippen molar-refractivity contribution in [2.75, 3.05) is 0 Å². The van der Waals surface area contributed by atoms with Crippen molar-refractivity contribution in [2.24, 2.45) is 0 Å². The lowest BCUT2D eigenvalue weighted by atomic mass is 10.1. The normalized spacial score (nSPS) is 12.4. The molecule has 0 saturated heterocycles. The number of alkyl halides is 3. The highest BCUT2D eigenvalue weighted by molar-refractivity contribution is 6.00. The minimum atomic E-state index is -4.51. The van der Waals surface area contributed by atoms with Crippen molar-refractivity contribution in [3.8, 4) is 11.3 Å². The molecular formula is C25H21F3N4O. The Morgan fingerprint density at radius 2 is 1.67 bits per heavy atom. The first-order valence-corrected chi connectivity index (χ1v) is 10.3. The molecule has 0 aliphatic rings. The molecule has 4 aromatic rings. The molecule has 8 heteroatoms. The lowest BCUT2D eigenvalue weighted by Gasteiger charge is -2.15. The summed E-state index contributed by atoms with van der Waals surface area (Å²) >= 11 is 0. The summed E-state index contributed by atoms with van der Waals surface area (Å²) in [6, 6.07) is 20.8. The van der Waals surface area contributed by atoms with Crippen LogP contribution in [0.1, 0.15) is 40.1 Å². The van der Waals surface area contributed by atoms with Gasteiger partial charge in [0.2, 0.25) is 0 Å². The fraction of sp³-hybridized carbons (Fsp3) is 0.160. The van der Waals surface area contributed by atoms with Gasteiger partial charge in [-0.3, -0.25) is 14.5 Å². The fourth-order valence-corrected chi connectivity index (χ4v) is 3.44. The molecule has 5 nitrogen and oxygen atoms in total. The van der Waals surface area contributed by atoms with Gasteiger partial charge in [-0.2, -0.15) is 18.3 Å². The standard InChI is InChI=1S/C25H21F3N4O/c1-17(20-12-13-22(29-14-20)25(26,27)28)30-24(33)21-16-32(15-18-8-4-2-5-9-18)31-23(21)19-10-6-3-7-11-19/h2-14,16-17H,15H2,1H3,(H,30,33)/t17-/m1/s1. The van der Waals surface area contributed by atoms with Crippen LogP contribution in [0.2, 0.25) is 0 Å². The van der Waals surface area contributed by atoms with Crippen molar-refractivity contribution < 1.29 is 18.0 Å². The largest absolute Gasteiger partial charge is 0.433 e. The van der Waals surface area contributed by atoms with Gasteiger partial charge < -0.3 is 5.32 Å². The van der Waals surface area contributed by atoms with E-state index in [0.717, 1.165) is 23.4 Å². The highest BCUT2D eigenvalue weighted by Crippen LogP contribution is 2.28. The molecule has 33 heavy (non-hydrogen) atoms. The molecule has 0 unspecified atom stereocenters. The van der Waals surface area contributed by atoms with Gasteiger partial charge in [-0.1, -0.05) is 66.7 Å². The molecule has 0 aliphatic heterocycles. The number of aromatic nitrogens is 3. The molecule has 0 fully saturated rings. The molecule has 4 rings (SSSR count). The number of carbonyl (C=O) groups excluding carboxylic acids is 1. The Morgan fingerprint density at radius 1 is 1.00 bits per heavy atom. The van der Waals surface area contributed by atoms with E-state index >= 15 is 0 Å². The Labute approximate surface area is 188 Å². The second-order valence-electron chi connectivity index (χ2n) is 7.61. The van der Waals surface area contributed by atoms with E-state index < -0.39 is 17.9 Å². The van der Waals surface area contributed by atoms with Gasteiger partial charge in [-0.25, -0.2) is 0 Å². The van der Waals surface area contributed by atoms with Crippen LogP contribution in [0.5, 0.6) is 0 Å². The number of hydrogen-bond acceptors (Lipinski definition) is 3. The van der Waals surface area contributed by atoms with E-state index in [9.17, 15) is 18.0 Å². The van der Waals surface area contributed by atoms with Gasteiger partial charge in [0, 0.05) is 18.0 Å². The average Bonchev–Trinajstić information content (AvgIpc) is 3.24. The molecule has 2 heterocycles. The lowest BCUT2D eigenvalue weighted by molar-refractivity contribution is -0.141. The van der Waals surface area contributed by atoms with Crippen molar-refractivity contribution in [1.82, 2.24) is 20.1 Å². The zero-order chi connectivity index (χ0) is 23.4. The zero-order valence-electron chi connectivity index (χ0n) is 17.8. The molecule has 0 saturated carbocycles. The van der Waals surface area contributed by atoms with Gasteiger partial charge in [0.1, 0.15) is 11.4 Å². The summed E-state index contributed by atoms with van der Waals surface area (Å²) in [4.78, 5) is 16.6. The van der Waals surface area contributed by atoms with Crippen molar-refractivity contribution in [1.29, 1.82) is 0 Å². The molecule has 2 aromatic carbocycles. The number of carbonyl (C=O) groups is 1. The van der Waals surface area contributed by atoms with Gasteiger partial charge in [-0.15, -0.1) is 0 Å². The Balaban J connectivity index is 1.59. The van der Waals surface area contributed by atoms with Gasteiger partial charge in [-0.05, 0) is 24.1 Å². The van der Waals surface area contributed by atoms with E-state index in [-0.39, 0.29) is 5.91 Å². The van der Waals surface area contributed by atoms with Crippen LogP contribution in [0, 0.1) is 0 Å². The second-order valence-corrected chi connectivity index (χ2v) is 7.61. The van der Waals surface area contributed by atoms with Crippen LogP contribution in [0.3, 0.4) is 0 Å². The smallest absolute Gasteiger partial charge is 0.345 e. The van der Waals surface area contributed by atoms with Crippen molar-refractivity contribution >= 4 is 5.91 Å². The highest BCUT2D eigenvalue weighted by atomic mass is 19.4. The number of halogens is 3. The number of rotatable bonds is 6. The summed E-state index contributed by atoms with van der Waals surface area (Å²) in [6.07, 6.45) is -1.70. The number of amides is 1. The third kappa shape index (κ3) is 5.28. The maximum atomic E-state index is 13.1. The quantitative estimate of drug-likeness (QED) is 0.422. The average molecular weight is 450 g/mol. The Hall–Kier alpha value is -3.94. The highest BCUT2D eigenvalue weighted by Gasteiger charge is 2.32. The maximum Gasteiger partial charge on any atom is 0.433 e. The molecule has 0 spiro atoms. The number of pyridine rings is 1. The van der Waals surface area contributed by atoms with Gasteiger partial charge in [0.25, 0.3) is 5.91 Å². The molecular weight excluding hydrogens is 429 g/mol. The SMILES string of the molecule is C[C@@H](NC(=O)c1cn(Cc2ccccc2)nc1-c1ccccc1)c1ccc(C(F)(F)F)nc1. The molecule has 1 amide bonds. The van der Waals surface area contributed by atoms with E-state index in [2.05, 4.69) is 15.4 Å². The summed E-state index contributed by atoms with van der Waals surface area (Å²) in [7, 11) is 0. The van der Waals surface area contributed by atoms with Crippen LogP contribution in [-0.2, 0) is 12.7 Å². The molecule has 1 atom stereocenters. The second kappa shape index (κ2) is 9.28. The first-order valence-electron chi connectivity index (χ1n) is 10.3. The third-order valence-electron chi connectivity index (χ3n) is 5.17. The van der Waals surface area contributed by atoms with Crippen LogP contribution in [0.15, 0.2) is 85.2 Å². The van der Waals surface area contributed by atoms with Crippen molar-refractivity contribution in [3.05, 3.63) is 108 Å². The summed E-state index contributed by atoms with van der Waals surface area (Å²) in [5.74, 6) is -0.374. The van der Waals surface area contributed by atoms with Crippen LogP contribution in [0.25, 0.3) is 11.3 Å². The third-order valence-corrected chi connectivity index (χ3v) is 5.17. The van der Waals surface area contributed by atoms with Gasteiger partial charge in [0.05, 0.1) is 18.2 Å². The van der Waals surface area contributed by atoms with Crippen LogP contribution in [-0.4, -0.2) is 20.7 Å². The number of nitrogens with zero attached hydrogens (tertiary/aromatic N) is 3. The topological polar surface area (TPSA) is 59.8 Å².